The number of aliphatic hydroxyl groups excluding tert-OH is 1. The maximum atomic E-state index is 12.2. The third-order valence-corrected chi connectivity index (χ3v) is 18.0. The Morgan fingerprint density at radius 1 is 0.492 bits per heavy atom. The average Bonchev–Trinajstić information content (AvgIpc) is 1.52. The molecule has 0 spiro atoms. The van der Waals surface area contributed by atoms with Crippen molar-refractivity contribution < 1.29 is 87.3 Å². The first-order valence-corrected chi connectivity index (χ1v) is 45.2. The van der Waals surface area contributed by atoms with Gasteiger partial charge in [0.25, 0.3) is 5.69 Å². The lowest BCUT2D eigenvalue weighted by Gasteiger charge is -2.25. The number of amides is 3. The largest absolute Gasteiger partial charge is 0.480 e. The Kier molecular flexibility index (Phi) is 67.4. The third-order valence-electron chi connectivity index (χ3n) is 16.7. The van der Waals surface area contributed by atoms with Gasteiger partial charge >= 0.3 is 17.9 Å². The number of carbonyl (C=O) groups excluding carboxylic acids is 9. The number of nitrogens with zero attached hydrogens (tertiary/aromatic N) is 4. The van der Waals surface area contributed by atoms with E-state index in [4.69, 9.17) is 65.1 Å². The van der Waals surface area contributed by atoms with Crippen LogP contribution >= 0.6 is 87.4 Å². The molecule has 5 unspecified atom stereocenters. The molecule has 3 heterocycles. The normalized spacial score (nSPS) is 13.2. The lowest BCUT2D eigenvalue weighted by molar-refractivity contribution is -0.386. The van der Waals surface area contributed by atoms with E-state index in [0.717, 1.165) is 36.6 Å². The lowest BCUT2D eigenvalue weighted by Crippen LogP contribution is -2.44. The minimum absolute atomic E-state index is 0.0141. The monoisotopic (exact) mass is 1940 g/mol. The van der Waals surface area contributed by atoms with Crippen molar-refractivity contribution in [3.63, 3.8) is 0 Å². The van der Waals surface area contributed by atoms with Crippen molar-refractivity contribution in [1.29, 1.82) is 0 Å². The van der Waals surface area contributed by atoms with Crippen LogP contribution < -0.4 is 44.6 Å². The SMILES string of the molecule is CC(=O)C(CC(C)(C)S)NC(=O)CCC(N)C(=O)O.CC(=O)CCC(=O)C(CC(C)(C)S)NC(=O)CCC(N)C(=O)O.CC(=O)CCC(=O)C(N)CC(C)(C)S.CC(=O)N[C@@H](CC(C)(C)S)C(C)=O.CC(C)(C)CCN.CC(C)(C)CCO.CC(C)(C)c1ccc(Cl)nn1.CC(C)(S)C[C@H](N)C(=O)O.CC(C)(S)c1ncccc1[N+](=O)[O-].Cc1cc(C(C)(C)C)c(C)o1. The second-order valence-corrected chi connectivity index (χ2v) is 47.1. The second kappa shape index (κ2) is 63.9. The molecular weight excluding hydrogens is 1780 g/mol. The average molecular weight is 1950 g/mol. The maximum Gasteiger partial charge on any atom is 0.320 e. The Bertz CT molecular complexity index is 3830. The number of hydrogen-bond acceptors (Lipinski definition) is 30. The molecule has 0 fully saturated rings. The Hall–Kier alpha value is -6.10. The van der Waals surface area contributed by atoms with Gasteiger partial charge in [0.1, 0.15) is 52.7 Å². The number of carboxylic acid groups (broad SMARTS) is 3. The molecule has 0 bridgehead atoms. The van der Waals surface area contributed by atoms with Crippen LogP contribution in [0.1, 0.15) is 326 Å². The van der Waals surface area contributed by atoms with Crippen LogP contribution in [0.5, 0.6) is 0 Å². The van der Waals surface area contributed by atoms with Gasteiger partial charge in [-0.25, -0.2) is 0 Å². The molecule has 0 radical (unpaired) electrons. The van der Waals surface area contributed by atoms with Crippen molar-refractivity contribution in [3.05, 3.63) is 80.3 Å². The maximum absolute atomic E-state index is 12.2. The highest BCUT2D eigenvalue weighted by Gasteiger charge is 2.31. The van der Waals surface area contributed by atoms with Gasteiger partial charge in [0.2, 0.25) is 17.7 Å². The summed E-state index contributed by atoms with van der Waals surface area (Å²) in [6.07, 6.45) is 6.35. The van der Waals surface area contributed by atoms with Crippen molar-refractivity contribution >= 4 is 163 Å². The van der Waals surface area contributed by atoms with Gasteiger partial charge in [0.05, 0.1) is 39.5 Å². The number of carboxylic acids is 3. The van der Waals surface area contributed by atoms with Crippen LogP contribution in [0.25, 0.3) is 0 Å². The minimum Gasteiger partial charge on any atom is -0.480 e. The van der Waals surface area contributed by atoms with Crippen molar-refractivity contribution in [2.24, 2.45) is 39.5 Å². The zero-order valence-electron chi connectivity index (χ0n) is 82.2. The van der Waals surface area contributed by atoms with Crippen LogP contribution in [-0.4, -0.2) is 190 Å². The van der Waals surface area contributed by atoms with E-state index >= 15 is 0 Å². The minimum atomic E-state index is -1.18. The van der Waals surface area contributed by atoms with Crippen LogP contribution in [0.3, 0.4) is 0 Å². The third kappa shape index (κ3) is 84.2. The van der Waals surface area contributed by atoms with Crippen LogP contribution in [0, 0.1) is 34.8 Å². The Labute approximate surface area is 801 Å². The highest BCUT2D eigenvalue weighted by Crippen LogP contribution is 2.33. The molecule has 17 N–H and O–H groups in total. The predicted octanol–water partition coefficient (Wildman–Crippen LogP) is 14.6. The smallest absolute Gasteiger partial charge is 0.320 e. The summed E-state index contributed by atoms with van der Waals surface area (Å²) in [7, 11) is 0. The number of hydrogen-bond donors (Lipinski definition) is 18. The fourth-order valence-corrected chi connectivity index (χ4v) is 11.3. The van der Waals surface area contributed by atoms with Crippen LogP contribution in [0.4, 0.5) is 5.69 Å². The Morgan fingerprint density at radius 3 is 1.10 bits per heavy atom. The lowest BCUT2D eigenvalue weighted by atomic mass is 9.87. The van der Waals surface area contributed by atoms with E-state index in [1.165, 1.54) is 52.4 Å². The molecule has 3 aromatic rings. The summed E-state index contributed by atoms with van der Waals surface area (Å²) in [4.78, 5) is 148. The van der Waals surface area contributed by atoms with Crippen LogP contribution in [-0.2, 0) is 73.1 Å². The van der Waals surface area contributed by atoms with Gasteiger partial charge < -0.3 is 79.1 Å². The zero-order valence-corrected chi connectivity index (χ0v) is 88.3. The molecule has 3 rings (SSSR count). The summed E-state index contributed by atoms with van der Waals surface area (Å²) in [6.45, 7) is 60.2. The number of nitrogens with two attached hydrogens (primary N) is 5. The molecule has 3 amide bonds. The number of nitro groups is 1. The van der Waals surface area contributed by atoms with E-state index in [2.05, 4.69) is 196 Å². The number of halogens is 1. The number of aromatic nitrogens is 3. The number of rotatable bonds is 36. The molecule has 0 aromatic carbocycles. The van der Waals surface area contributed by atoms with E-state index in [0.29, 0.717) is 66.8 Å². The van der Waals surface area contributed by atoms with E-state index in [1.807, 2.05) is 89.2 Å². The fourth-order valence-electron chi connectivity index (χ4n) is 10.0. The van der Waals surface area contributed by atoms with Crippen molar-refractivity contribution in [2.45, 2.75) is 393 Å². The fraction of sp³-hybridized carbons (Fsp3) is 0.722. The van der Waals surface area contributed by atoms with Crippen molar-refractivity contribution in [3.8, 4) is 0 Å². The zero-order chi connectivity index (χ0) is 103. The number of Topliss-reactive ketones (excluding diaryl/α,β-unsaturated/α-hetero) is 6. The summed E-state index contributed by atoms with van der Waals surface area (Å²) in [5, 5.41) is 60.6. The van der Waals surface area contributed by atoms with Gasteiger partial charge in [0.15, 0.2) is 22.5 Å². The number of aryl methyl sites for hydroxylation is 2. The molecule has 0 aliphatic carbocycles. The van der Waals surface area contributed by atoms with Gasteiger partial charge in [0, 0.05) is 93.5 Å². The first-order valence-electron chi connectivity index (χ1n) is 42.1. The van der Waals surface area contributed by atoms with Gasteiger partial charge in [-0.1, -0.05) is 164 Å². The summed E-state index contributed by atoms with van der Waals surface area (Å²) in [5.74, 6) is -2.79. The number of nitrogens with one attached hydrogen (secondary N) is 3. The first-order chi connectivity index (χ1) is 57.2. The van der Waals surface area contributed by atoms with Crippen molar-refractivity contribution in [2.75, 3.05) is 13.2 Å². The summed E-state index contributed by atoms with van der Waals surface area (Å²) >= 11 is 31.3. The first kappa shape index (κ1) is 135. The van der Waals surface area contributed by atoms with Gasteiger partial charge in [-0.2, -0.15) is 80.9 Å². The molecule has 38 heteroatoms. The quantitative estimate of drug-likeness (QED) is 0.0146. The summed E-state index contributed by atoms with van der Waals surface area (Å²) in [6, 6.07) is 3.49. The molecule has 0 saturated carbocycles. The molecule has 31 nitrogen and oxygen atoms in total. The van der Waals surface area contributed by atoms with Crippen LogP contribution in [0.15, 0.2) is 40.9 Å². The standard InChI is InChI=1S/C15H26N2O5S.C12H22N2O4S.C10H19NO2S.C10H16O.C9H17NO2S.C8H11ClN2.C8H10N2O2S.C6H13NO2S.C6H15N.C6H14O/c1-9(18)4-6-12(19)11(8-15(2,3)23)17-13(20)7-5-10(16)14(21)22;1-7(15)9(6-12(2,3)19)14-10(16)5-4-8(13)11(17)18;1-7(12)4-5-9(13)8(11)6-10(2,3)14;1-7-6-9(8(2)11-7)10(3,4)5;1-6(11)8(10-7(2)12)5-9(3,4)13;1-8(2,3)6-4-5-7(9)11-10-6;1-8(2,13)7-6(10(11)12)4-3-5-9-7;1-6(2,10)3-4(7)5(8)9;2*1-6(2,3)4-5-7/h10-11,23H,4-8,16H2,1-3H3,(H,17,20)(H,21,22);8-9,19H,4-6,13H2,1-3H3,(H,14,16)(H,17,18);8,14H,4-6,11H2,1-3H3;6H,1-5H3;8,13H,5H2,1-4H3,(H,10,12);4-5H,1-3H3;3-5,13H,1-2H3;4,10H,3,7H2,1-2H3,(H,8,9);4-5,7H2,1-3H3;7H,4-5H2,1-3H3/t;;;;8-;;;4-;;/m....0..0../s1. The molecular formula is C90H163ClN12O19S6. The highest BCUT2D eigenvalue weighted by atomic mass is 35.5. The number of pyridine rings is 1. The predicted molar refractivity (Wildman–Crippen MR) is 534 cm³/mol. The van der Waals surface area contributed by atoms with E-state index in [9.17, 15) is 67.6 Å². The van der Waals surface area contributed by atoms with E-state index in [-0.39, 0.29) is 127 Å². The van der Waals surface area contributed by atoms with Gasteiger partial charge in [-0.15, -0.1) is 5.10 Å². The molecule has 3 aromatic heterocycles. The second-order valence-electron chi connectivity index (χ2n) is 39.5. The van der Waals surface area contributed by atoms with E-state index in [1.54, 1.807) is 26.0 Å². The van der Waals surface area contributed by atoms with Gasteiger partial charge in [-0.05, 0) is 166 Å². The number of furan rings is 1. The van der Waals surface area contributed by atoms with Crippen molar-refractivity contribution in [1.82, 2.24) is 31.1 Å². The molecule has 128 heavy (non-hydrogen) atoms. The number of ketones is 6. The van der Waals surface area contributed by atoms with Crippen LogP contribution in [0.2, 0.25) is 5.15 Å². The number of aliphatic carboxylic acids is 3. The number of aliphatic hydroxyl groups is 1. The summed E-state index contributed by atoms with van der Waals surface area (Å²) < 4.78 is 3.17. The molecule has 0 saturated heterocycles. The molecule has 0 aliphatic rings. The Balaban J connectivity index is -0.000000259. The van der Waals surface area contributed by atoms with Gasteiger partial charge in [-0.3, -0.25) is 63.0 Å². The molecule has 740 valence electrons. The number of thiol groups is 6. The topological polar surface area (TPSA) is 547 Å². The molecule has 0 aliphatic heterocycles. The Morgan fingerprint density at radius 2 is 0.859 bits per heavy atom. The molecule has 7 atom stereocenters. The van der Waals surface area contributed by atoms with E-state index < -0.39 is 80.5 Å². The number of carbonyl (C=O) groups is 12. The summed E-state index contributed by atoms with van der Waals surface area (Å²) in [5.41, 5.74) is 30.6. The highest BCUT2D eigenvalue weighted by molar-refractivity contribution is 7.82.